The van der Waals surface area contributed by atoms with E-state index in [1.807, 2.05) is 11.9 Å². The molecule has 0 radical (unpaired) electrons. The van der Waals surface area contributed by atoms with E-state index in [0.717, 1.165) is 43.9 Å². The minimum Gasteiger partial charge on any atom is -0.372 e. The van der Waals surface area contributed by atoms with Gasteiger partial charge < -0.3 is 10.2 Å². The van der Waals surface area contributed by atoms with Crippen molar-refractivity contribution < 1.29 is 4.79 Å². The third kappa shape index (κ3) is 3.08. The molecule has 116 valence electrons. The van der Waals surface area contributed by atoms with Crippen LogP contribution in [0.3, 0.4) is 0 Å². The van der Waals surface area contributed by atoms with Gasteiger partial charge in [0.25, 0.3) is 5.91 Å². The van der Waals surface area contributed by atoms with Crippen LogP contribution in [0.2, 0.25) is 0 Å². The average Bonchev–Trinajstić information content (AvgIpc) is 3.09. The Balaban J connectivity index is 1.67. The lowest BCUT2D eigenvalue weighted by Crippen LogP contribution is -2.40. The first-order chi connectivity index (χ1) is 10.8. The molecule has 1 atom stereocenters. The van der Waals surface area contributed by atoms with E-state index in [1.54, 1.807) is 24.7 Å². The van der Waals surface area contributed by atoms with E-state index >= 15 is 0 Å². The number of anilines is 1. The molecule has 0 aromatic carbocycles. The molecule has 0 bridgehead atoms. The van der Waals surface area contributed by atoms with E-state index in [0.29, 0.717) is 11.6 Å². The third-order valence-corrected chi connectivity index (χ3v) is 4.03. The minimum absolute atomic E-state index is 0.0233. The summed E-state index contributed by atoms with van der Waals surface area (Å²) in [6.07, 6.45) is 7.95. The highest BCUT2D eigenvalue weighted by molar-refractivity contribution is 5.92. The Morgan fingerprint density at radius 3 is 3.05 bits per heavy atom. The zero-order valence-electron chi connectivity index (χ0n) is 12.6. The number of nitrogens with one attached hydrogen (secondary N) is 2. The summed E-state index contributed by atoms with van der Waals surface area (Å²) >= 11 is 0. The van der Waals surface area contributed by atoms with E-state index in [1.165, 1.54) is 0 Å². The lowest BCUT2D eigenvalue weighted by molar-refractivity contribution is 0.0667. The number of nitrogens with zero attached hydrogens (tertiary/aromatic N) is 4. The molecular formula is C15H20N6O. The van der Waals surface area contributed by atoms with Crippen LogP contribution in [0.4, 0.5) is 5.82 Å². The number of hydrogen-bond acceptors (Lipinski definition) is 5. The number of aromatic amines is 1. The number of aromatic nitrogens is 4. The Kier molecular flexibility index (Phi) is 4.32. The second-order valence-electron chi connectivity index (χ2n) is 5.54. The number of rotatable bonds is 4. The fourth-order valence-corrected chi connectivity index (χ4v) is 2.96. The van der Waals surface area contributed by atoms with Crippen molar-refractivity contribution in [1.82, 2.24) is 25.1 Å². The summed E-state index contributed by atoms with van der Waals surface area (Å²) in [5.41, 5.74) is 1.52. The smallest absolute Gasteiger partial charge is 0.271 e. The van der Waals surface area contributed by atoms with Crippen molar-refractivity contribution in [2.45, 2.75) is 19.3 Å². The maximum absolute atomic E-state index is 12.4. The first kappa shape index (κ1) is 14.5. The molecule has 7 heteroatoms. The van der Waals surface area contributed by atoms with Gasteiger partial charge >= 0.3 is 0 Å². The quantitative estimate of drug-likeness (QED) is 0.889. The van der Waals surface area contributed by atoms with Crippen LogP contribution >= 0.6 is 0 Å². The van der Waals surface area contributed by atoms with Gasteiger partial charge in [-0.1, -0.05) is 0 Å². The third-order valence-electron chi connectivity index (χ3n) is 4.03. The average molecular weight is 300 g/mol. The summed E-state index contributed by atoms with van der Waals surface area (Å²) in [5, 5.41) is 9.67. The highest BCUT2D eigenvalue weighted by Gasteiger charge is 2.26. The van der Waals surface area contributed by atoms with E-state index in [2.05, 4.69) is 25.5 Å². The molecular weight excluding hydrogens is 280 g/mol. The van der Waals surface area contributed by atoms with Crippen molar-refractivity contribution in [3.63, 3.8) is 0 Å². The fraction of sp³-hybridized carbons (Fsp3) is 0.467. The highest BCUT2D eigenvalue weighted by Crippen LogP contribution is 2.23. The number of hydrogen-bond donors (Lipinski definition) is 2. The van der Waals surface area contributed by atoms with Crippen LogP contribution in [0.1, 0.15) is 29.0 Å². The zero-order chi connectivity index (χ0) is 15.4. The lowest BCUT2D eigenvalue weighted by Gasteiger charge is -2.32. The van der Waals surface area contributed by atoms with Crippen LogP contribution < -0.4 is 5.32 Å². The molecule has 0 spiro atoms. The second-order valence-corrected chi connectivity index (χ2v) is 5.54. The summed E-state index contributed by atoms with van der Waals surface area (Å²) in [6.45, 7) is 1.55. The van der Waals surface area contributed by atoms with Crippen LogP contribution in [0, 0.1) is 5.92 Å². The fourth-order valence-electron chi connectivity index (χ4n) is 2.96. The molecule has 7 nitrogen and oxygen atoms in total. The summed E-state index contributed by atoms with van der Waals surface area (Å²) in [7, 11) is 1.85. The van der Waals surface area contributed by atoms with Gasteiger partial charge in [-0.15, -0.1) is 0 Å². The topological polar surface area (TPSA) is 86.8 Å². The van der Waals surface area contributed by atoms with Crippen molar-refractivity contribution in [2.75, 3.05) is 25.5 Å². The van der Waals surface area contributed by atoms with Gasteiger partial charge in [0.15, 0.2) is 0 Å². The van der Waals surface area contributed by atoms with E-state index in [-0.39, 0.29) is 5.91 Å². The Hall–Kier alpha value is -2.44. The summed E-state index contributed by atoms with van der Waals surface area (Å²) < 4.78 is 0. The van der Waals surface area contributed by atoms with E-state index in [4.69, 9.17) is 0 Å². The number of likely N-dealkylation sites (tertiary alicyclic amines) is 1. The maximum Gasteiger partial charge on any atom is 0.271 e. The first-order valence-corrected chi connectivity index (χ1v) is 7.54. The van der Waals surface area contributed by atoms with Crippen molar-refractivity contribution in [1.29, 1.82) is 0 Å². The molecule has 0 unspecified atom stereocenters. The predicted molar refractivity (Wildman–Crippen MR) is 82.5 cm³/mol. The van der Waals surface area contributed by atoms with E-state index in [9.17, 15) is 4.79 Å². The molecule has 3 rings (SSSR count). The Morgan fingerprint density at radius 1 is 1.41 bits per heavy atom. The molecule has 1 aliphatic rings. The standard InChI is InChI=1S/C15H20N6O/c1-16-14-13(17-6-7-18-14)9-11-3-2-8-21(10-11)15(22)12-4-5-19-20-12/h4-7,11H,2-3,8-10H2,1H3,(H,16,18)(H,19,20)/t11-/m1/s1. The molecule has 1 aliphatic heterocycles. The van der Waals surface area contributed by atoms with E-state index < -0.39 is 0 Å². The van der Waals surface area contributed by atoms with Gasteiger partial charge in [-0.05, 0) is 31.2 Å². The maximum atomic E-state index is 12.4. The molecule has 1 fully saturated rings. The van der Waals surface area contributed by atoms with Crippen molar-refractivity contribution >= 4 is 11.7 Å². The molecule has 3 heterocycles. The van der Waals surface area contributed by atoms with Crippen molar-refractivity contribution in [3.8, 4) is 0 Å². The van der Waals surface area contributed by atoms with Crippen LogP contribution in [0.25, 0.3) is 0 Å². The molecule has 2 aromatic heterocycles. The van der Waals surface area contributed by atoms with Crippen LogP contribution in [-0.4, -0.2) is 51.1 Å². The molecule has 2 N–H and O–H groups in total. The van der Waals surface area contributed by atoms with Gasteiger partial charge in [0.1, 0.15) is 11.5 Å². The Morgan fingerprint density at radius 2 is 2.27 bits per heavy atom. The molecule has 0 aliphatic carbocycles. The molecule has 1 amide bonds. The highest BCUT2D eigenvalue weighted by atomic mass is 16.2. The monoisotopic (exact) mass is 300 g/mol. The SMILES string of the molecule is CNc1nccnc1C[C@H]1CCCN(C(=O)c2ccn[nH]2)C1. The van der Waals surface area contributed by atoms with Gasteiger partial charge in [-0.3, -0.25) is 14.9 Å². The molecule has 22 heavy (non-hydrogen) atoms. The Bertz CT molecular complexity index is 627. The Labute approximate surface area is 129 Å². The molecule has 2 aromatic rings. The largest absolute Gasteiger partial charge is 0.372 e. The van der Waals surface area contributed by atoms with Gasteiger partial charge in [0, 0.05) is 38.7 Å². The summed E-state index contributed by atoms with van der Waals surface area (Å²) in [6, 6.07) is 1.72. The molecule has 0 saturated carbocycles. The predicted octanol–water partition coefficient (Wildman–Crippen LogP) is 1.34. The lowest BCUT2D eigenvalue weighted by atomic mass is 9.93. The summed E-state index contributed by atoms with van der Waals surface area (Å²) in [5.74, 6) is 1.25. The van der Waals surface area contributed by atoms with Gasteiger partial charge in [0.2, 0.25) is 0 Å². The van der Waals surface area contributed by atoms with Crippen molar-refractivity contribution in [2.24, 2.45) is 5.92 Å². The van der Waals surface area contributed by atoms with Gasteiger partial charge in [-0.2, -0.15) is 5.10 Å². The number of carbonyl (C=O) groups is 1. The minimum atomic E-state index is 0.0233. The first-order valence-electron chi connectivity index (χ1n) is 7.54. The van der Waals surface area contributed by atoms with Crippen molar-refractivity contribution in [3.05, 3.63) is 36.0 Å². The normalized spacial score (nSPS) is 18.2. The van der Waals surface area contributed by atoms with Gasteiger partial charge in [-0.25, -0.2) is 4.98 Å². The molecule has 1 saturated heterocycles. The number of H-pyrrole nitrogens is 1. The van der Waals surface area contributed by atoms with Crippen LogP contribution in [-0.2, 0) is 6.42 Å². The summed E-state index contributed by atoms with van der Waals surface area (Å²) in [4.78, 5) is 23.0. The zero-order valence-corrected chi connectivity index (χ0v) is 12.6. The van der Waals surface area contributed by atoms with Crippen LogP contribution in [0.15, 0.2) is 24.7 Å². The van der Waals surface area contributed by atoms with Crippen LogP contribution in [0.5, 0.6) is 0 Å². The number of carbonyl (C=O) groups excluding carboxylic acids is 1. The number of piperidine rings is 1. The van der Waals surface area contributed by atoms with Gasteiger partial charge in [0.05, 0.1) is 5.69 Å². The number of amides is 1. The second kappa shape index (κ2) is 6.55.